The Kier molecular flexibility index (Phi) is 9.63. The molecule has 8 nitrogen and oxygen atoms in total. The molecule has 3 aromatic carbocycles. The number of benzene rings is 3. The van der Waals surface area contributed by atoms with E-state index in [2.05, 4.69) is 5.32 Å². The van der Waals surface area contributed by atoms with Crippen LogP contribution in [0.25, 0.3) is 0 Å². The molecule has 1 fully saturated rings. The second-order valence-electron chi connectivity index (χ2n) is 9.72. The van der Waals surface area contributed by atoms with E-state index in [9.17, 15) is 18.8 Å². The van der Waals surface area contributed by atoms with E-state index in [0.29, 0.717) is 12.0 Å². The normalized spacial score (nSPS) is 19.3. The first kappa shape index (κ1) is 28.9. The van der Waals surface area contributed by atoms with Crippen LogP contribution in [-0.2, 0) is 23.9 Å². The van der Waals surface area contributed by atoms with Crippen molar-refractivity contribution >= 4 is 17.8 Å². The van der Waals surface area contributed by atoms with E-state index in [1.807, 2.05) is 60.7 Å². The number of rotatable bonds is 10. The number of nitrogens with zero attached hydrogens (tertiary/aromatic N) is 1. The predicted molar refractivity (Wildman–Crippen MR) is 148 cm³/mol. The number of likely N-dealkylation sites (tertiary alicyclic amines) is 1. The van der Waals surface area contributed by atoms with Gasteiger partial charge in [-0.2, -0.15) is 0 Å². The first-order valence-electron chi connectivity index (χ1n) is 13.2. The van der Waals surface area contributed by atoms with Crippen molar-refractivity contribution in [3.05, 3.63) is 107 Å². The number of carbonyl (C=O) groups is 3. The van der Waals surface area contributed by atoms with Crippen LogP contribution in [0.4, 0.5) is 4.39 Å². The molecule has 40 heavy (non-hydrogen) atoms. The fraction of sp³-hybridized carbons (Fsp3) is 0.323. The topological polar surface area (TPSA) is 111 Å². The maximum absolute atomic E-state index is 14.2. The van der Waals surface area contributed by atoms with Crippen LogP contribution in [0.1, 0.15) is 42.0 Å². The van der Waals surface area contributed by atoms with Gasteiger partial charge in [0.2, 0.25) is 11.8 Å². The van der Waals surface area contributed by atoms with Gasteiger partial charge in [0.05, 0.1) is 25.3 Å². The Balaban J connectivity index is 1.75. The number of carbonyl (C=O) groups excluding carboxylic acids is 3. The predicted octanol–water partition coefficient (Wildman–Crippen LogP) is 3.32. The number of esters is 1. The van der Waals surface area contributed by atoms with Crippen molar-refractivity contribution in [3.63, 3.8) is 0 Å². The maximum atomic E-state index is 14.2. The van der Waals surface area contributed by atoms with Crippen LogP contribution in [-0.4, -0.2) is 61.1 Å². The molecule has 2 amide bonds. The zero-order valence-electron chi connectivity index (χ0n) is 22.5. The van der Waals surface area contributed by atoms with E-state index in [1.165, 1.54) is 24.1 Å². The molecule has 210 valence electrons. The summed E-state index contributed by atoms with van der Waals surface area (Å²) in [7, 11) is 1.24. The Morgan fingerprint density at radius 2 is 1.55 bits per heavy atom. The summed E-state index contributed by atoms with van der Waals surface area (Å²) in [5, 5.41) is 3.12. The van der Waals surface area contributed by atoms with E-state index >= 15 is 0 Å². The van der Waals surface area contributed by atoms with Gasteiger partial charge in [0.1, 0.15) is 18.5 Å². The van der Waals surface area contributed by atoms with E-state index in [4.69, 9.17) is 15.2 Å². The van der Waals surface area contributed by atoms with Crippen LogP contribution in [0.2, 0.25) is 0 Å². The van der Waals surface area contributed by atoms with Gasteiger partial charge >= 0.3 is 5.97 Å². The van der Waals surface area contributed by atoms with Gasteiger partial charge in [-0.1, -0.05) is 79.7 Å². The zero-order chi connectivity index (χ0) is 28.6. The Morgan fingerprint density at radius 3 is 2.08 bits per heavy atom. The summed E-state index contributed by atoms with van der Waals surface area (Å²) in [6, 6.07) is 22.3. The van der Waals surface area contributed by atoms with E-state index < -0.39 is 60.4 Å². The number of nitrogens with one attached hydrogen (secondary N) is 1. The Hall–Kier alpha value is -4.08. The summed E-state index contributed by atoms with van der Waals surface area (Å²) in [4.78, 5) is 41.2. The van der Waals surface area contributed by atoms with Crippen LogP contribution in [0.15, 0.2) is 84.9 Å². The number of nitrogens with two attached hydrogens (primary N) is 1. The number of halogens is 1. The number of methoxy groups -OCH3 is 1. The minimum Gasteiger partial charge on any atom is -0.467 e. The summed E-state index contributed by atoms with van der Waals surface area (Å²) >= 11 is 0. The Labute approximate surface area is 233 Å². The van der Waals surface area contributed by atoms with Crippen LogP contribution >= 0.6 is 0 Å². The van der Waals surface area contributed by atoms with Crippen molar-refractivity contribution in [1.82, 2.24) is 10.2 Å². The smallest absolute Gasteiger partial charge is 0.331 e. The highest BCUT2D eigenvalue weighted by molar-refractivity contribution is 5.91. The summed E-state index contributed by atoms with van der Waals surface area (Å²) in [5.74, 6) is -2.44. The van der Waals surface area contributed by atoms with Crippen LogP contribution in [0.5, 0.6) is 0 Å². The number of ether oxygens (including phenoxy) is 2. The molecule has 1 saturated heterocycles. The maximum Gasteiger partial charge on any atom is 0.331 e. The lowest BCUT2D eigenvalue weighted by Gasteiger charge is -2.31. The fourth-order valence-corrected chi connectivity index (χ4v) is 5.05. The van der Waals surface area contributed by atoms with Gasteiger partial charge in [0.15, 0.2) is 0 Å². The average molecular weight is 548 g/mol. The molecular formula is C31H34FN3O5. The Morgan fingerprint density at radius 1 is 0.975 bits per heavy atom. The minimum absolute atomic E-state index is 0.101. The lowest BCUT2D eigenvalue weighted by Crippen LogP contribution is -2.55. The van der Waals surface area contributed by atoms with E-state index in [0.717, 1.165) is 11.1 Å². The molecule has 1 aliphatic heterocycles. The van der Waals surface area contributed by atoms with E-state index in [-0.39, 0.29) is 6.54 Å². The van der Waals surface area contributed by atoms with Crippen molar-refractivity contribution in [2.45, 2.75) is 43.5 Å². The second kappa shape index (κ2) is 13.3. The molecule has 4 rings (SSSR count). The molecule has 3 N–H and O–H groups in total. The summed E-state index contributed by atoms with van der Waals surface area (Å²) in [6.07, 6.45) is -0.556. The monoisotopic (exact) mass is 547 g/mol. The molecule has 1 aliphatic rings. The molecular weight excluding hydrogens is 513 g/mol. The molecule has 9 heteroatoms. The van der Waals surface area contributed by atoms with Crippen molar-refractivity contribution in [2.75, 3.05) is 20.3 Å². The van der Waals surface area contributed by atoms with Crippen molar-refractivity contribution in [3.8, 4) is 0 Å². The SMILES string of the molecule is CC[C@H](N)C(=O)N1C[C@H](c2ccc(F)cc2)[C@@H](OCC(=O)OC)[C@H]1C(=O)NC(c1ccccc1)c1ccccc1. The molecule has 3 aromatic rings. The first-order valence-corrected chi connectivity index (χ1v) is 13.2. The van der Waals surface area contributed by atoms with Gasteiger partial charge in [-0.3, -0.25) is 9.59 Å². The Bertz CT molecular complexity index is 1250. The third-order valence-electron chi connectivity index (χ3n) is 7.22. The fourth-order valence-electron chi connectivity index (χ4n) is 5.05. The van der Waals surface area contributed by atoms with Gasteiger partial charge in [0, 0.05) is 12.5 Å². The van der Waals surface area contributed by atoms with Crippen LogP contribution < -0.4 is 11.1 Å². The summed E-state index contributed by atoms with van der Waals surface area (Å²) < 4.78 is 24.5. The molecule has 4 atom stereocenters. The van der Waals surface area contributed by atoms with Crippen LogP contribution in [0.3, 0.4) is 0 Å². The number of hydrogen-bond donors (Lipinski definition) is 2. The number of amides is 2. The van der Waals surface area contributed by atoms with Gasteiger partial charge < -0.3 is 25.4 Å². The first-order chi connectivity index (χ1) is 19.3. The molecule has 0 aromatic heterocycles. The third kappa shape index (κ3) is 6.55. The third-order valence-corrected chi connectivity index (χ3v) is 7.22. The summed E-state index contributed by atoms with van der Waals surface area (Å²) in [5.41, 5.74) is 8.52. The lowest BCUT2D eigenvalue weighted by atomic mass is 9.92. The molecule has 0 saturated carbocycles. The quantitative estimate of drug-likeness (QED) is 0.377. The summed E-state index contributed by atoms with van der Waals surface area (Å²) in [6.45, 7) is 1.46. The van der Waals surface area contributed by atoms with Gasteiger partial charge in [-0.25, -0.2) is 9.18 Å². The van der Waals surface area contributed by atoms with Gasteiger partial charge in [-0.15, -0.1) is 0 Å². The average Bonchev–Trinajstić information content (AvgIpc) is 3.38. The second-order valence-corrected chi connectivity index (χ2v) is 9.72. The minimum atomic E-state index is -1.11. The van der Waals surface area contributed by atoms with Crippen LogP contribution in [0, 0.1) is 5.82 Å². The lowest BCUT2D eigenvalue weighted by molar-refractivity contribution is -0.151. The van der Waals surface area contributed by atoms with Crippen molar-refractivity contribution in [1.29, 1.82) is 0 Å². The van der Waals surface area contributed by atoms with E-state index in [1.54, 1.807) is 19.1 Å². The number of hydrogen-bond acceptors (Lipinski definition) is 6. The molecule has 1 heterocycles. The molecule has 0 spiro atoms. The molecule has 0 aliphatic carbocycles. The molecule has 0 unspecified atom stereocenters. The molecule has 0 radical (unpaired) electrons. The zero-order valence-corrected chi connectivity index (χ0v) is 22.5. The highest BCUT2D eigenvalue weighted by atomic mass is 19.1. The van der Waals surface area contributed by atoms with Crippen molar-refractivity contribution in [2.24, 2.45) is 5.73 Å². The highest BCUT2D eigenvalue weighted by Crippen LogP contribution is 2.36. The van der Waals surface area contributed by atoms with Gasteiger partial charge in [0.25, 0.3) is 0 Å². The van der Waals surface area contributed by atoms with Crippen molar-refractivity contribution < 1.29 is 28.2 Å². The largest absolute Gasteiger partial charge is 0.467 e. The standard InChI is InChI=1S/C31H34FN3O5/c1-3-25(33)31(38)35-18-24(20-14-16-23(32)17-15-20)29(40-19-26(36)39-2)28(35)30(37)34-27(21-10-6-4-7-11-21)22-12-8-5-9-13-22/h4-17,24-25,27-29H,3,18-19,33H2,1-2H3,(H,34,37)/t24-,25+,28+,29-/m1/s1. The van der Waals surface area contributed by atoms with Gasteiger partial charge in [-0.05, 0) is 35.2 Å². The molecule has 0 bridgehead atoms. The highest BCUT2D eigenvalue weighted by Gasteiger charge is 2.50.